The lowest BCUT2D eigenvalue weighted by atomic mass is 9.97. The molecule has 12 atom stereocenters. The molecule has 0 radical (unpaired) electrons. The van der Waals surface area contributed by atoms with Gasteiger partial charge in [0.2, 0.25) is 5.91 Å². The lowest BCUT2D eigenvalue weighted by molar-refractivity contribution is -0.359. The molecule has 2 heterocycles. The summed E-state index contributed by atoms with van der Waals surface area (Å²) in [6, 6.07) is -0.942. The second-order valence-corrected chi connectivity index (χ2v) is 26.4. The van der Waals surface area contributed by atoms with Crippen molar-refractivity contribution in [2.24, 2.45) is 0 Å². The number of carbonyl (C=O) groups is 1. The predicted molar refractivity (Wildman–Crippen MR) is 373 cm³/mol. The molecule has 2 saturated heterocycles. The van der Waals surface area contributed by atoms with E-state index in [1.165, 1.54) is 225 Å². The number of hydrogen-bond donors (Lipinski definition) is 9. The Morgan fingerprint density at radius 3 is 1.15 bits per heavy atom. The number of hydrogen-bond acceptors (Lipinski definition) is 13. The third-order valence-corrected chi connectivity index (χ3v) is 18.1. The molecule has 2 aliphatic heterocycles. The van der Waals surface area contributed by atoms with Crippen LogP contribution < -0.4 is 5.32 Å². The number of ether oxygens (including phenoxy) is 4. The van der Waals surface area contributed by atoms with Gasteiger partial charge in [0.25, 0.3) is 0 Å². The van der Waals surface area contributed by atoms with Crippen molar-refractivity contribution < 1.29 is 64.6 Å². The van der Waals surface area contributed by atoms with Gasteiger partial charge in [-0.25, -0.2) is 0 Å². The molecule has 2 aliphatic rings. The van der Waals surface area contributed by atoms with Gasteiger partial charge in [-0.05, 0) is 83.5 Å². The van der Waals surface area contributed by atoms with Gasteiger partial charge in [0.15, 0.2) is 12.6 Å². The minimum atomic E-state index is -1.80. The van der Waals surface area contributed by atoms with E-state index in [9.17, 15) is 45.6 Å². The summed E-state index contributed by atoms with van der Waals surface area (Å²) in [5, 5.41) is 87.5. The fraction of sp³-hybridized carbons (Fsp3) is 0.831. The Morgan fingerprint density at radius 1 is 0.396 bits per heavy atom. The average Bonchev–Trinajstić information content (AvgIpc) is 1.28. The van der Waals surface area contributed by atoms with Crippen LogP contribution in [0.5, 0.6) is 0 Å². The first kappa shape index (κ1) is 84.5. The summed E-state index contributed by atoms with van der Waals surface area (Å²) in [5.41, 5.74) is 0. The Labute approximate surface area is 555 Å². The van der Waals surface area contributed by atoms with Crippen LogP contribution in [0.25, 0.3) is 0 Å². The monoisotopic (exact) mass is 1290 g/mol. The van der Waals surface area contributed by atoms with Crippen LogP contribution in [0.3, 0.4) is 0 Å². The molecule has 14 heteroatoms. The van der Waals surface area contributed by atoms with Gasteiger partial charge < -0.3 is 65.1 Å². The molecule has 530 valence electrons. The highest BCUT2D eigenvalue weighted by Gasteiger charge is 2.51. The zero-order chi connectivity index (χ0) is 65.9. The third-order valence-electron chi connectivity index (χ3n) is 18.1. The lowest BCUT2D eigenvalue weighted by Gasteiger charge is -2.46. The van der Waals surface area contributed by atoms with E-state index in [4.69, 9.17) is 18.9 Å². The maximum atomic E-state index is 13.4. The topological polar surface area (TPSA) is 228 Å². The molecule has 2 rings (SSSR count). The van der Waals surface area contributed by atoms with Gasteiger partial charge in [0.1, 0.15) is 48.8 Å². The van der Waals surface area contributed by atoms with Crippen LogP contribution in [0.2, 0.25) is 0 Å². The highest BCUT2D eigenvalue weighted by atomic mass is 16.7. The zero-order valence-electron chi connectivity index (χ0n) is 57.8. The lowest BCUT2D eigenvalue weighted by Crippen LogP contribution is -2.65. The molecule has 0 saturated carbocycles. The first-order chi connectivity index (χ1) is 44.6. The van der Waals surface area contributed by atoms with Gasteiger partial charge in [-0.15, -0.1) is 0 Å². The van der Waals surface area contributed by atoms with Crippen LogP contribution in [-0.4, -0.2) is 140 Å². The molecule has 0 spiro atoms. The molecule has 0 aromatic heterocycles. The minimum Gasteiger partial charge on any atom is -0.394 e. The van der Waals surface area contributed by atoms with Gasteiger partial charge in [-0.3, -0.25) is 4.79 Å². The van der Waals surface area contributed by atoms with E-state index in [2.05, 4.69) is 79.9 Å². The number of carbonyl (C=O) groups excluding carboxylic acids is 1. The molecular weight excluding hydrogens is 1150 g/mol. The van der Waals surface area contributed by atoms with E-state index < -0.39 is 86.8 Å². The van der Waals surface area contributed by atoms with E-state index >= 15 is 0 Å². The normalized spacial score (nSPS) is 23.2. The number of aliphatic hydroxyl groups excluding tert-OH is 8. The van der Waals surface area contributed by atoms with Gasteiger partial charge in [0, 0.05) is 6.42 Å². The second kappa shape index (κ2) is 61.1. The van der Waals surface area contributed by atoms with Crippen LogP contribution in [0.1, 0.15) is 316 Å². The van der Waals surface area contributed by atoms with E-state index in [-0.39, 0.29) is 18.9 Å². The zero-order valence-corrected chi connectivity index (χ0v) is 57.8. The van der Waals surface area contributed by atoms with E-state index in [0.29, 0.717) is 12.8 Å². The Hall–Kier alpha value is -2.57. The van der Waals surface area contributed by atoms with Gasteiger partial charge >= 0.3 is 0 Å². The van der Waals surface area contributed by atoms with E-state index in [1.807, 2.05) is 6.08 Å². The van der Waals surface area contributed by atoms with Crippen molar-refractivity contribution in [2.45, 2.75) is 389 Å². The summed E-state index contributed by atoms with van der Waals surface area (Å²) in [7, 11) is 0. The standard InChI is InChI=1S/C77H139NO13/c1-3-5-7-9-11-13-15-17-19-21-23-25-27-29-30-31-32-33-34-35-36-37-39-41-43-45-47-49-51-53-55-57-59-61-69(82)78-65(64-88-76-74(87)72(85)75(68(63-80)90-76)91-77-73(86)71(84)70(83)67(62-79)89-77)66(81)60-58-56-54-52-50-48-46-44-42-40-38-28-26-24-22-20-18-16-14-12-10-8-6-4-2/h15,17,21,23,27,29,42,44,50,52,58,60,65-68,70-77,79-81,83-87H,3-14,16,18-20,22,24-26,28,30-41,43,45-49,51,53-57,59,61-64H2,1-2H3,(H,78,82)/b17-15-,23-21-,29-27-,44-42+,52-50+,60-58+. The number of rotatable bonds is 62. The summed E-state index contributed by atoms with van der Waals surface area (Å²) in [4.78, 5) is 13.4. The van der Waals surface area contributed by atoms with E-state index in [1.54, 1.807) is 6.08 Å². The highest BCUT2D eigenvalue weighted by molar-refractivity contribution is 5.76. The summed E-state index contributed by atoms with van der Waals surface area (Å²) < 4.78 is 22.9. The van der Waals surface area contributed by atoms with Crippen LogP contribution in [0, 0.1) is 0 Å². The molecule has 0 aromatic rings. The largest absolute Gasteiger partial charge is 0.394 e. The third kappa shape index (κ3) is 44.7. The molecule has 14 nitrogen and oxygen atoms in total. The molecule has 2 fully saturated rings. The average molecular weight is 1290 g/mol. The van der Waals surface area contributed by atoms with Gasteiger partial charge in [-0.2, -0.15) is 0 Å². The number of nitrogens with one attached hydrogen (secondary N) is 1. The Balaban J connectivity index is 1.66. The fourth-order valence-electron chi connectivity index (χ4n) is 12.1. The van der Waals surface area contributed by atoms with Crippen molar-refractivity contribution in [3.05, 3.63) is 72.9 Å². The maximum absolute atomic E-state index is 13.4. The first-order valence-corrected chi connectivity index (χ1v) is 37.7. The summed E-state index contributed by atoms with van der Waals surface area (Å²) in [5.74, 6) is -0.250. The summed E-state index contributed by atoms with van der Waals surface area (Å²) >= 11 is 0. The number of unbranched alkanes of at least 4 members (excludes halogenated alkanes) is 39. The highest BCUT2D eigenvalue weighted by Crippen LogP contribution is 2.30. The van der Waals surface area contributed by atoms with Gasteiger partial charge in [-0.1, -0.05) is 299 Å². The molecule has 91 heavy (non-hydrogen) atoms. The maximum Gasteiger partial charge on any atom is 0.220 e. The van der Waals surface area contributed by atoms with Crippen molar-refractivity contribution in [3.63, 3.8) is 0 Å². The number of allylic oxidation sites excluding steroid dienone is 11. The Morgan fingerprint density at radius 2 is 0.736 bits per heavy atom. The quantitative estimate of drug-likeness (QED) is 0.0204. The van der Waals surface area contributed by atoms with Crippen molar-refractivity contribution in [1.82, 2.24) is 5.32 Å². The first-order valence-electron chi connectivity index (χ1n) is 37.7. The van der Waals surface area contributed by atoms with E-state index in [0.717, 1.165) is 57.8 Å². The Bertz CT molecular complexity index is 1800. The molecule has 0 aromatic carbocycles. The van der Waals surface area contributed by atoms with Crippen LogP contribution in [0.15, 0.2) is 72.9 Å². The molecule has 0 aliphatic carbocycles. The molecule has 0 bridgehead atoms. The van der Waals surface area contributed by atoms with Crippen molar-refractivity contribution >= 4 is 5.91 Å². The van der Waals surface area contributed by atoms with Gasteiger partial charge in [0.05, 0.1) is 32.0 Å². The number of aliphatic hydroxyl groups is 8. The molecule has 9 N–H and O–H groups in total. The molecule has 1 amide bonds. The van der Waals surface area contributed by atoms with Crippen molar-refractivity contribution in [2.75, 3.05) is 19.8 Å². The smallest absolute Gasteiger partial charge is 0.220 e. The second-order valence-electron chi connectivity index (χ2n) is 26.4. The molecular formula is C77H139NO13. The van der Waals surface area contributed by atoms with Crippen molar-refractivity contribution in [3.8, 4) is 0 Å². The van der Waals surface area contributed by atoms with Crippen LogP contribution in [-0.2, 0) is 23.7 Å². The van der Waals surface area contributed by atoms with Crippen LogP contribution >= 0.6 is 0 Å². The van der Waals surface area contributed by atoms with Crippen LogP contribution in [0.4, 0.5) is 0 Å². The van der Waals surface area contributed by atoms with Crippen molar-refractivity contribution in [1.29, 1.82) is 0 Å². The Kier molecular flexibility index (Phi) is 56.7. The SMILES string of the molecule is CCCCCCC/C=C\C/C=C\C/C=C\CCCCCCCCCCCCCCCCCCCCC(=O)NC(COC1OC(CO)C(OC2OC(CO)C(O)C(O)C2O)C(O)C1O)C(O)/C=C/CC/C=C/CC/C=C/CCCCCCCCCCCCCCCC. The summed E-state index contributed by atoms with van der Waals surface area (Å²) in [6.45, 7) is 2.80. The fourth-order valence-corrected chi connectivity index (χ4v) is 12.1. The number of amides is 1. The minimum absolute atomic E-state index is 0.250. The summed E-state index contributed by atoms with van der Waals surface area (Å²) in [6.07, 6.45) is 66.8. The molecule has 12 unspecified atom stereocenters. The predicted octanol–water partition coefficient (Wildman–Crippen LogP) is 16.2.